The summed E-state index contributed by atoms with van der Waals surface area (Å²) in [4.78, 5) is 13.9. The van der Waals surface area contributed by atoms with Crippen molar-refractivity contribution in [1.29, 1.82) is 0 Å². The Morgan fingerprint density at radius 2 is 1.32 bits per heavy atom. The summed E-state index contributed by atoms with van der Waals surface area (Å²) in [6.45, 7) is 13.8. The molecule has 0 saturated heterocycles. The third-order valence-electron chi connectivity index (χ3n) is 11.2. The van der Waals surface area contributed by atoms with Gasteiger partial charge in [-0.1, -0.05) is 81.8 Å². The van der Waals surface area contributed by atoms with E-state index < -0.39 is 0 Å². The van der Waals surface area contributed by atoms with E-state index in [-0.39, 0.29) is 22.7 Å². The van der Waals surface area contributed by atoms with Gasteiger partial charge in [0.15, 0.2) is 5.78 Å². The number of benzene rings is 4. The Bertz CT molecular complexity index is 1850. The van der Waals surface area contributed by atoms with Crippen molar-refractivity contribution in [1.82, 2.24) is 0 Å². The van der Waals surface area contributed by atoms with Crippen LogP contribution in [0.25, 0.3) is 27.8 Å². The number of carbonyl (C=O) groups is 1. The summed E-state index contributed by atoms with van der Waals surface area (Å²) in [5.74, 6) is 0.467. The van der Waals surface area contributed by atoms with E-state index in [2.05, 4.69) is 114 Å². The molecule has 0 radical (unpaired) electrons. The van der Waals surface area contributed by atoms with Gasteiger partial charge < -0.3 is 0 Å². The highest BCUT2D eigenvalue weighted by atomic mass is 16.1. The van der Waals surface area contributed by atoms with Crippen molar-refractivity contribution >= 4 is 11.4 Å². The molecule has 0 bridgehead atoms. The van der Waals surface area contributed by atoms with Crippen molar-refractivity contribution < 1.29 is 4.79 Å². The van der Waals surface area contributed by atoms with Crippen LogP contribution in [-0.4, -0.2) is 5.78 Å². The van der Waals surface area contributed by atoms with Crippen LogP contribution in [0, 0.1) is 5.92 Å². The normalized spacial score (nSPS) is 24.5. The molecule has 0 aromatic heterocycles. The predicted molar refractivity (Wildman–Crippen MR) is 165 cm³/mol. The smallest absolute Gasteiger partial charge is 0.166 e. The fourth-order valence-corrected chi connectivity index (χ4v) is 8.74. The van der Waals surface area contributed by atoms with Gasteiger partial charge in [-0.15, -0.1) is 0 Å². The largest absolute Gasteiger partial charge is 0.294 e. The van der Waals surface area contributed by atoms with Gasteiger partial charge in [-0.2, -0.15) is 0 Å². The summed E-state index contributed by atoms with van der Waals surface area (Å²) in [5.41, 5.74) is 18.6. The first-order valence-electron chi connectivity index (χ1n) is 14.9. The first-order valence-corrected chi connectivity index (χ1v) is 14.9. The quantitative estimate of drug-likeness (QED) is 0.257. The van der Waals surface area contributed by atoms with Crippen molar-refractivity contribution in [3.63, 3.8) is 0 Å². The minimum atomic E-state index is -0.158. The van der Waals surface area contributed by atoms with Crippen molar-refractivity contribution in [3.05, 3.63) is 123 Å². The molecule has 4 aromatic rings. The average Bonchev–Trinajstić information content (AvgIpc) is 3.54. The highest BCUT2D eigenvalue weighted by Crippen LogP contribution is 2.58. The summed E-state index contributed by atoms with van der Waals surface area (Å²) < 4.78 is 0. The Kier molecular flexibility index (Phi) is 4.66. The van der Waals surface area contributed by atoms with Gasteiger partial charge in [0.1, 0.15) is 0 Å². The molecule has 0 spiro atoms. The SMILES string of the molecule is CC1=C(C)c2cc3c(cc2C1)-c1ccccc1C3(C)CC1c2cc3c(cc2C(=O)C1C)C(C)(C)c1ccccc1-3. The van der Waals surface area contributed by atoms with Gasteiger partial charge in [0.2, 0.25) is 0 Å². The van der Waals surface area contributed by atoms with Crippen molar-refractivity contribution in [2.75, 3.05) is 0 Å². The molecule has 0 saturated carbocycles. The number of ketones is 1. The summed E-state index contributed by atoms with van der Waals surface area (Å²) >= 11 is 0. The van der Waals surface area contributed by atoms with E-state index >= 15 is 0 Å². The third-order valence-corrected chi connectivity index (χ3v) is 11.2. The van der Waals surface area contributed by atoms with Crippen LogP contribution >= 0.6 is 0 Å². The van der Waals surface area contributed by atoms with Crippen LogP contribution in [-0.2, 0) is 17.3 Å². The van der Waals surface area contributed by atoms with Gasteiger partial charge in [-0.05, 0) is 124 Å². The molecule has 0 fully saturated rings. The monoisotopic (exact) mass is 520 g/mol. The van der Waals surface area contributed by atoms with Crippen LogP contribution < -0.4 is 0 Å². The minimum absolute atomic E-state index is 0.0257. The van der Waals surface area contributed by atoms with Crippen molar-refractivity contribution in [3.8, 4) is 22.3 Å². The first-order chi connectivity index (χ1) is 19.1. The molecule has 3 atom stereocenters. The molecular weight excluding hydrogens is 484 g/mol. The maximum Gasteiger partial charge on any atom is 0.166 e. The van der Waals surface area contributed by atoms with Crippen molar-refractivity contribution in [2.45, 2.75) is 71.1 Å². The topological polar surface area (TPSA) is 17.1 Å². The minimum Gasteiger partial charge on any atom is -0.294 e. The molecule has 1 nitrogen and oxygen atoms in total. The maximum atomic E-state index is 13.9. The van der Waals surface area contributed by atoms with Crippen molar-refractivity contribution in [2.24, 2.45) is 5.92 Å². The third kappa shape index (κ3) is 2.86. The van der Waals surface area contributed by atoms with E-state index in [4.69, 9.17) is 0 Å². The fourth-order valence-electron chi connectivity index (χ4n) is 8.74. The fraction of sp³-hybridized carbons (Fsp3) is 0.308. The summed E-state index contributed by atoms with van der Waals surface area (Å²) in [6.07, 6.45) is 1.99. The molecular formula is C39H36O. The summed E-state index contributed by atoms with van der Waals surface area (Å²) in [6, 6.07) is 27.4. The highest BCUT2D eigenvalue weighted by molar-refractivity contribution is 6.04. The van der Waals surface area contributed by atoms with Crippen LogP contribution in [0.4, 0.5) is 0 Å². The molecule has 0 N–H and O–H groups in total. The molecule has 8 rings (SSSR count). The number of hydrogen-bond donors (Lipinski definition) is 0. The van der Waals surface area contributed by atoms with Gasteiger partial charge >= 0.3 is 0 Å². The average molecular weight is 521 g/mol. The zero-order chi connectivity index (χ0) is 27.7. The molecule has 0 amide bonds. The lowest BCUT2D eigenvalue weighted by molar-refractivity contribution is 0.0929. The van der Waals surface area contributed by atoms with Crippen LogP contribution in [0.5, 0.6) is 0 Å². The van der Waals surface area contributed by atoms with E-state index in [0.717, 1.165) is 18.4 Å². The van der Waals surface area contributed by atoms with Gasteiger partial charge in [-0.25, -0.2) is 0 Å². The summed E-state index contributed by atoms with van der Waals surface area (Å²) in [7, 11) is 0. The Balaban J connectivity index is 1.30. The van der Waals surface area contributed by atoms with Crippen LogP contribution in [0.3, 0.4) is 0 Å². The Morgan fingerprint density at radius 3 is 2.08 bits per heavy atom. The second kappa shape index (κ2) is 7.72. The van der Waals surface area contributed by atoms with E-state index in [0.29, 0.717) is 5.78 Å². The molecule has 3 unspecified atom stereocenters. The predicted octanol–water partition coefficient (Wildman–Crippen LogP) is 9.64. The van der Waals surface area contributed by atoms with Gasteiger partial charge in [0, 0.05) is 22.3 Å². The highest BCUT2D eigenvalue weighted by Gasteiger charge is 2.48. The number of fused-ring (bicyclic) bond motifs is 8. The Labute approximate surface area is 238 Å². The second-order valence-electron chi connectivity index (χ2n) is 13.6. The Morgan fingerprint density at radius 1 is 0.700 bits per heavy atom. The zero-order valence-electron chi connectivity index (χ0n) is 24.4. The molecule has 198 valence electrons. The molecule has 4 aliphatic carbocycles. The molecule has 40 heavy (non-hydrogen) atoms. The van der Waals surface area contributed by atoms with E-state index in [1.165, 1.54) is 72.3 Å². The van der Waals surface area contributed by atoms with Gasteiger partial charge in [0.25, 0.3) is 0 Å². The van der Waals surface area contributed by atoms with E-state index in [1.807, 2.05) is 0 Å². The zero-order valence-corrected chi connectivity index (χ0v) is 24.4. The molecule has 1 heteroatoms. The Hall–Kier alpha value is -3.71. The number of hydrogen-bond acceptors (Lipinski definition) is 1. The van der Waals surface area contributed by atoms with Gasteiger partial charge in [0.05, 0.1) is 0 Å². The maximum absolute atomic E-state index is 13.9. The van der Waals surface area contributed by atoms with Crippen LogP contribution in [0.1, 0.15) is 103 Å². The van der Waals surface area contributed by atoms with Crippen LogP contribution in [0.2, 0.25) is 0 Å². The summed E-state index contributed by atoms with van der Waals surface area (Å²) in [5, 5.41) is 0. The first kappa shape index (κ1) is 24.1. The lowest BCUT2D eigenvalue weighted by Gasteiger charge is -2.33. The molecule has 0 aliphatic heterocycles. The van der Waals surface area contributed by atoms with Crippen LogP contribution in [0.15, 0.2) is 78.4 Å². The number of rotatable bonds is 2. The van der Waals surface area contributed by atoms with E-state index in [9.17, 15) is 4.79 Å². The number of Topliss-reactive ketones (excluding diaryl/α,β-unsaturated/α-hetero) is 1. The van der Waals surface area contributed by atoms with E-state index in [1.54, 1.807) is 0 Å². The molecule has 0 heterocycles. The lowest BCUT2D eigenvalue weighted by atomic mass is 9.70. The number of carbonyl (C=O) groups excluding carboxylic acids is 1. The molecule has 4 aliphatic rings. The lowest BCUT2D eigenvalue weighted by Crippen LogP contribution is -2.26. The standard InChI is InChI=1S/C39H36O/c1-21-15-24-16-29-26-12-8-10-14-34(26)39(6,36(29)18-27(24)22(21)2)20-32-23(3)37(40)31-19-35-30(17-28(31)32)25-11-7-9-13-33(25)38(35,4)5/h7-14,16-19,23,32H,15,20H2,1-6H3. The number of allylic oxidation sites excluding steroid dienone is 2. The second-order valence-corrected chi connectivity index (χ2v) is 13.6. The van der Waals surface area contributed by atoms with Gasteiger partial charge in [-0.3, -0.25) is 4.79 Å². The molecule has 4 aromatic carbocycles.